The van der Waals surface area contributed by atoms with Gasteiger partial charge in [0.1, 0.15) is 5.54 Å². The summed E-state index contributed by atoms with van der Waals surface area (Å²) >= 11 is 3.44. The molecule has 2 aromatic rings. The van der Waals surface area contributed by atoms with Crippen molar-refractivity contribution in [3.63, 3.8) is 0 Å². The van der Waals surface area contributed by atoms with Crippen molar-refractivity contribution in [3.05, 3.63) is 70.2 Å². The SMILES string of the molecule is COC(=O)C(C)(NCc1ccccc1)c1cccc(Br)c1. The van der Waals surface area contributed by atoms with Crippen molar-refractivity contribution in [2.24, 2.45) is 0 Å². The molecule has 1 N–H and O–H groups in total. The van der Waals surface area contributed by atoms with Gasteiger partial charge in [-0.25, -0.2) is 4.79 Å². The van der Waals surface area contributed by atoms with E-state index < -0.39 is 5.54 Å². The summed E-state index contributed by atoms with van der Waals surface area (Å²) < 4.78 is 5.91. The minimum Gasteiger partial charge on any atom is -0.467 e. The lowest BCUT2D eigenvalue weighted by molar-refractivity contribution is -0.148. The van der Waals surface area contributed by atoms with E-state index in [2.05, 4.69) is 21.2 Å². The Morgan fingerprint density at radius 3 is 2.52 bits per heavy atom. The monoisotopic (exact) mass is 347 g/mol. The van der Waals surface area contributed by atoms with Crippen molar-refractivity contribution in [2.75, 3.05) is 7.11 Å². The predicted molar refractivity (Wildman–Crippen MR) is 86.8 cm³/mol. The van der Waals surface area contributed by atoms with Crippen LogP contribution >= 0.6 is 15.9 Å². The number of carbonyl (C=O) groups excluding carboxylic acids is 1. The van der Waals surface area contributed by atoms with Crippen LogP contribution < -0.4 is 5.32 Å². The molecule has 110 valence electrons. The van der Waals surface area contributed by atoms with Crippen molar-refractivity contribution in [1.82, 2.24) is 5.32 Å². The number of nitrogens with one attached hydrogen (secondary N) is 1. The van der Waals surface area contributed by atoms with Gasteiger partial charge < -0.3 is 4.74 Å². The molecule has 0 aromatic heterocycles. The molecule has 3 nitrogen and oxygen atoms in total. The Balaban J connectivity index is 2.27. The van der Waals surface area contributed by atoms with Crippen LogP contribution in [0.5, 0.6) is 0 Å². The fourth-order valence-electron chi connectivity index (χ4n) is 2.17. The lowest BCUT2D eigenvalue weighted by Gasteiger charge is -2.29. The smallest absolute Gasteiger partial charge is 0.330 e. The van der Waals surface area contributed by atoms with Crippen LogP contribution in [0.3, 0.4) is 0 Å². The second-order valence-electron chi connectivity index (χ2n) is 4.97. The van der Waals surface area contributed by atoms with E-state index in [1.54, 1.807) is 0 Å². The van der Waals surface area contributed by atoms with Gasteiger partial charge in [0, 0.05) is 11.0 Å². The van der Waals surface area contributed by atoms with Gasteiger partial charge in [0.15, 0.2) is 0 Å². The maximum Gasteiger partial charge on any atom is 0.330 e. The topological polar surface area (TPSA) is 38.3 Å². The molecule has 0 aliphatic heterocycles. The molecule has 0 heterocycles. The molecule has 0 aliphatic rings. The minimum atomic E-state index is -0.894. The Hall–Kier alpha value is -1.65. The number of benzene rings is 2. The summed E-state index contributed by atoms with van der Waals surface area (Å²) in [6, 6.07) is 17.6. The molecule has 1 atom stereocenters. The summed E-state index contributed by atoms with van der Waals surface area (Å²) in [4.78, 5) is 12.3. The van der Waals surface area contributed by atoms with Crippen molar-refractivity contribution in [1.29, 1.82) is 0 Å². The average molecular weight is 348 g/mol. The summed E-state index contributed by atoms with van der Waals surface area (Å²) in [5, 5.41) is 3.31. The first-order chi connectivity index (χ1) is 10.1. The van der Waals surface area contributed by atoms with Gasteiger partial charge in [-0.1, -0.05) is 58.4 Å². The van der Waals surface area contributed by atoms with Crippen LogP contribution in [0.25, 0.3) is 0 Å². The van der Waals surface area contributed by atoms with Crippen LogP contribution in [0.1, 0.15) is 18.1 Å². The zero-order valence-corrected chi connectivity index (χ0v) is 13.7. The van der Waals surface area contributed by atoms with Crippen molar-refractivity contribution in [3.8, 4) is 0 Å². The zero-order valence-electron chi connectivity index (χ0n) is 12.1. The lowest BCUT2D eigenvalue weighted by Crippen LogP contribution is -2.47. The van der Waals surface area contributed by atoms with Gasteiger partial charge in [-0.05, 0) is 30.2 Å². The third-order valence-electron chi connectivity index (χ3n) is 3.48. The van der Waals surface area contributed by atoms with Gasteiger partial charge in [0.05, 0.1) is 7.11 Å². The van der Waals surface area contributed by atoms with E-state index in [4.69, 9.17) is 4.74 Å². The fourth-order valence-corrected chi connectivity index (χ4v) is 2.57. The number of carbonyl (C=O) groups is 1. The first-order valence-corrected chi connectivity index (χ1v) is 7.49. The molecule has 0 amide bonds. The van der Waals surface area contributed by atoms with E-state index in [9.17, 15) is 4.79 Å². The Labute approximate surface area is 133 Å². The van der Waals surface area contributed by atoms with Gasteiger partial charge in [0.25, 0.3) is 0 Å². The van der Waals surface area contributed by atoms with Crippen LogP contribution in [-0.2, 0) is 21.6 Å². The molecular weight excluding hydrogens is 330 g/mol. The van der Waals surface area contributed by atoms with Crippen LogP contribution in [-0.4, -0.2) is 13.1 Å². The van der Waals surface area contributed by atoms with Gasteiger partial charge in [-0.3, -0.25) is 5.32 Å². The Morgan fingerprint density at radius 1 is 1.19 bits per heavy atom. The summed E-state index contributed by atoms with van der Waals surface area (Å²) in [5.41, 5.74) is 1.08. The summed E-state index contributed by atoms with van der Waals surface area (Å²) in [6.07, 6.45) is 0. The Morgan fingerprint density at radius 2 is 1.90 bits per heavy atom. The molecule has 2 rings (SSSR count). The predicted octanol–water partition coefficient (Wildman–Crippen LogP) is 3.63. The highest BCUT2D eigenvalue weighted by Gasteiger charge is 2.36. The number of halogens is 1. The third kappa shape index (κ3) is 3.71. The van der Waals surface area contributed by atoms with E-state index >= 15 is 0 Å². The number of rotatable bonds is 5. The molecule has 0 saturated heterocycles. The molecule has 0 radical (unpaired) electrons. The highest BCUT2D eigenvalue weighted by molar-refractivity contribution is 9.10. The lowest BCUT2D eigenvalue weighted by atomic mass is 9.91. The quantitative estimate of drug-likeness (QED) is 0.839. The summed E-state index contributed by atoms with van der Waals surface area (Å²) in [5.74, 6) is -0.309. The molecule has 1 unspecified atom stereocenters. The Kier molecular flexibility index (Phi) is 5.15. The molecule has 0 saturated carbocycles. The molecule has 0 spiro atoms. The normalized spacial score (nSPS) is 13.5. The van der Waals surface area contributed by atoms with Crippen LogP contribution in [0.2, 0.25) is 0 Å². The number of ether oxygens (including phenoxy) is 1. The number of esters is 1. The zero-order chi connectivity index (χ0) is 15.3. The van der Waals surface area contributed by atoms with E-state index in [1.807, 2.05) is 61.5 Å². The van der Waals surface area contributed by atoms with E-state index in [0.717, 1.165) is 15.6 Å². The van der Waals surface area contributed by atoms with Gasteiger partial charge >= 0.3 is 5.97 Å². The third-order valence-corrected chi connectivity index (χ3v) is 3.98. The van der Waals surface area contributed by atoms with Crippen molar-refractivity contribution < 1.29 is 9.53 Å². The molecular formula is C17H18BrNO2. The largest absolute Gasteiger partial charge is 0.467 e. The van der Waals surface area contributed by atoms with Gasteiger partial charge in [-0.2, -0.15) is 0 Å². The molecule has 0 bridgehead atoms. The van der Waals surface area contributed by atoms with E-state index in [0.29, 0.717) is 6.54 Å². The van der Waals surface area contributed by atoms with E-state index in [1.165, 1.54) is 7.11 Å². The maximum atomic E-state index is 12.3. The molecule has 0 fully saturated rings. The number of hydrogen-bond acceptors (Lipinski definition) is 3. The van der Waals surface area contributed by atoms with Crippen LogP contribution in [0, 0.1) is 0 Å². The second-order valence-corrected chi connectivity index (χ2v) is 5.88. The molecule has 21 heavy (non-hydrogen) atoms. The molecule has 0 aliphatic carbocycles. The van der Waals surface area contributed by atoms with Crippen molar-refractivity contribution in [2.45, 2.75) is 19.0 Å². The van der Waals surface area contributed by atoms with Crippen molar-refractivity contribution >= 4 is 21.9 Å². The second kappa shape index (κ2) is 6.87. The highest BCUT2D eigenvalue weighted by atomic mass is 79.9. The van der Waals surface area contributed by atoms with Crippen LogP contribution in [0.4, 0.5) is 0 Å². The minimum absolute atomic E-state index is 0.309. The summed E-state index contributed by atoms with van der Waals surface area (Å²) in [7, 11) is 1.41. The van der Waals surface area contributed by atoms with Gasteiger partial charge in [0.2, 0.25) is 0 Å². The fraction of sp³-hybridized carbons (Fsp3) is 0.235. The highest BCUT2D eigenvalue weighted by Crippen LogP contribution is 2.25. The van der Waals surface area contributed by atoms with Crippen LogP contribution in [0.15, 0.2) is 59.1 Å². The van der Waals surface area contributed by atoms with Gasteiger partial charge in [-0.15, -0.1) is 0 Å². The molecule has 2 aromatic carbocycles. The van der Waals surface area contributed by atoms with E-state index in [-0.39, 0.29) is 5.97 Å². The maximum absolute atomic E-state index is 12.3. The number of hydrogen-bond donors (Lipinski definition) is 1. The average Bonchev–Trinajstić information content (AvgIpc) is 2.52. The Bertz CT molecular complexity index is 615. The summed E-state index contributed by atoms with van der Waals surface area (Å²) in [6.45, 7) is 2.42. The first-order valence-electron chi connectivity index (χ1n) is 6.69. The number of methoxy groups -OCH3 is 1. The standard InChI is InChI=1S/C17H18BrNO2/c1-17(16(20)21-2,14-9-6-10-15(18)11-14)19-12-13-7-4-3-5-8-13/h3-11,19H,12H2,1-2H3. The molecule has 4 heteroatoms. The first kappa shape index (κ1) is 15.7.